The number of aromatic carboxylic acids is 1. The van der Waals surface area contributed by atoms with Gasteiger partial charge in [-0.25, -0.2) is 4.79 Å². The van der Waals surface area contributed by atoms with Gasteiger partial charge in [-0.1, -0.05) is 43.7 Å². The maximum Gasteiger partial charge on any atom is 0.336 e. The number of nitrogens with zero attached hydrogens (tertiary/aromatic N) is 1. The highest BCUT2D eigenvalue weighted by atomic mass is 16.4. The zero-order valence-electron chi connectivity index (χ0n) is 18.4. The normalized spacial score (nSPS) is 38.6. The molecule has 2 fully saturated rings. The fourth-order valence-electron chi connectivity index (χ4n) is 8.02. The van der Waals surface area contributed by atoms with E-state index in [-0.39, 0.29) is 16.9 Å². The molecule has 1 aromatic carbocycles. The number of pyridine rings is 1. The molecule has 1 aromatic heterocycles. The second-order valence-electron chi connectivity index (χ2n) is 11.0. The van der Waals surface area contributed by atoms with Gasteiger partial charge < -0.3 is 10.2 Å². The molecule has 2 aromatic rings. The first-order valence-corrected chi connectivity index (χ1v) is 11.9. The molecule has 0 radical (unpaired) electrons. The molecule has 6 atom stereocenters. The van der Waals surface area contributed by atoms with Crippen molar-refractivity contribution in [1.82, 2.24) is 4.98 Å². The lowest BCUT2D eigenvalue weighted by atomic mass is 9.48. The Kier molecular flexibility index (Phi) is 4.03. The van der Waals surface area contributed by atoms with Crippen LogP contribution in [0.4, 0.5) is 0 Å². The van der Waals surface area contributed by atoms with Crippen LogP contribution in [0.2, 0.25) is 0 Å². The summed E-state index contributed by atoms with van der Waals surface area (Å²) in [6.45, 7) is 4.78. The van der Waals surface area contributed by atoms with Gasteiger partial charge in [0.15, 0.2) is 0 Å². The highest BCUT2D eigenvalue weighted by Crippen LogP contribution is 2.64. The van der Waals surface area contributed by atoms with Crippen LogP contribution in [0.3, 0.4) is 0 Å². The Balaban J connectivity index is 1.48. The average molecular weight is 418 g/mol. The molecule has 2 N–H and O–H groups in total. The molecule has 0 spiro atoms. The largest absolute Gasteiger partial charge is 0.478 e. The SMILES string of the molecule is C[C@]12CC[C@H](O)CC1=CC[C@H]1[C@H]2CC[C@@]2(C)c3nc4ccccc4c(C(=O)O)c3C[C@@H]12. The molecule has 4 aliphatic carbocycles. The van der Waals surface area contributed by atoms with Crippen LogP contribution >= 0.6 is 0 Å². The van der Waals surface area contributed by atoms with Crippen LogP contribution in [-0.4, -0.2) is 27.3 Å². The van der Waals surface area contributed by atoms with E-state index >= 15 is 0 Å². The van der Waals surface area contributed by atoms with E-state index in [0.717, 1.165) is 67.1 Å². The molecule has 31 heavy (non-hydrogen) atoms. The molecule has 0 amide bonds. The van der Waals surface area contributed by atoms with Crippen molar-refractivity contribution < 1.29 is 15.0 Å². The van der Waals surface area contributed by atoms with Crippen LogP contribution in [0, 0.1) is 23.2 Å². The molecular weight excluding hydrogens is 386 g/mol. The lowest BCUT2D eigenvalue weighted by molar-refractivity contribution is -0.0169. The van der Waals surface area contributed by atoms with E-state index in [2.05, 4.69) is 19.9 Å². The van der Waals surface area contributed by atoms with E-state index < -0.39 is 5.97 Å². The summed E-state index contributed by atoms with van der Waals surface area (Å²) in [6.07, 6.45) is 9.16. The Morgan fingerprint density at radius 1 is 1.06 bits per heavy atom. The van der Waals surface area contributed by atoms with Gasteiger partial charge in [0.2, 0.25) is 0 Å². The second kappa shape index (κ2) is 6.41. The van der Waals surface area contributed by atoms with E-state index in [1.54, 1.807) is 0 Å². The number of para-hydroxylation sites is 1. The molecule has 0 bridgehead atoms. The summed E-state index contributed by atoms with van der Waals surface area (Å²) in [5, 5.41) is 21.2. The number of rotatable bonds is 1. The predicted molar refractivity (Wildman–Crippen MR) is 120 cm³/mol. The third kappa shape index (κ3) is 2.51. The number of aliphatic hydroxyl groups is 1. The van der Waals surface area contributed by atoms with Crippen LogP contribution in [0.5, 0.6) is 0 Å². The maximum atomic E-state index is 12.4. The minimum Gasteiger partial charge on any atom is -0.478 e. The van der Waals surface area contributed by atoms with Gasteiger partial charge >= 0.3 is 5.97 Å². The van der Waals surface area contributed by atoms with Crippen molar-refractivity contribution in [2.45, 2.75) is 70.3 Å². The van der Waals surface area contributed by atoms with Crippen LogP contribution < -0.4 is 0 Å². The van der Waals surface area contributed by atoms with Crippen LogP contribution in [0.15, 0.2) is 35.9 Å². The van der Waals surface area contributed by atoms with Gasteiger partial charge in [-0.2, -0.15) is 0 Å². The predicted octanol–water partition coefficient (Wildman–Crippen LogP) is 5.27. The molecule has 4 aliphatic rings. The smallest absolute Gasteiger partial charge is 0.336 e. The van der Waals surface area contributed by atoms with Crippen molar-refractivity contribution in [2.75, 3.05) is 0 Å². The molecule has 1 heterocycles. The minimum atomic E-state index is -0.826. The number of carboxylic acids is 1. The lowest BCUT2D eigenvalue weighted by Gasteiger charge is -2.57. The summed E-state index contributed by atoms with van der Waals surface area (Å²) in [7, 11) is 0. The van der Waals surface area contributed by atoms with Crippen LogP contribution in [0.25, 0.3) is 10.9 Å². The van der Waals surface area contributed by atoms with E-state index in [1.165, 1.54) is 5.57 Å². The lowest BCUT2D eigenvalue weighted by Crippen LogP contribution is -2.51. The topological polar surface area (TPSA) is 70.4 Å². The van der Waals surface area contributed by atoms with E-state index in [9.17, 15) is 15.0 Å². The molecule has 2 saturated carbocycles. The van der Waals surface area contributed by atoms with Crippen molar-refractivity contribution in [2.24, 2.45) is 23.2 Å². The first kappa shape index (κ1) is 19.5. The van der Waals surface area contributed by atoms with E-state index in [1.807, 2.05) is 24.3 Å². The Bertz CT molecular complexity index is 1140. The summed E-state index contributed by atoms with van der Waals surface area (Å²) in [5.74, 6) is 0.787. The fraction of sp³-hybridized carbons (Fsp3) is 0.556. The zero-order valence-corrected chi connectivity index (χ0v) is 18.4. The number of carbonyl (C=O) groups is 1. The summed E-state index contributed by atoms with van der Waals surface area (Å²) in [6, 6.07) is 7.72. The van der Waals surface area contributed by atoms with Gasteiger partial charge in [0.25, 0.3) is 0 Å². The number of carboxylic acid groups (broad SMARTS) is 1. The van der Waals surface area contributed by atoms with Gasteiger partial charge in [-0.3, -0.25) is 4.98 Å². The van der Waals surface area contributed by atoms with E-state index in [0.29, 0.717) is 23.3 Å². The summed E-state index contributed by atoms with van der Waals surface area (Å²) in [5.41, 5.74) is 4.92. The number of benzene rings is 1. The number of aromatic nitrogens is 1. The first-order chi connectivity index (χ1) is 14.8. The standard InChI is InChI=1S/C27H31NO3/c1-26-11-9-16(29)13-15(26)7-8-17-20(26)10-12-27(2)21(17)14-19-23(25(30)31)18-5-3-4-6-22(18)28-24(19)27/h3-7,16-17,20-21,29H,8-14H2,1-2H3,(H,30,31)/t16-,17-,20+,21-,26-,27+/m0/s1. The van der Waals surface area contributed by atoms with Crippen LogP contribution in [0.1, 0.15) is 74.0 Å². The van der Waals surface area contributed by atoms with Crippen molar-refractivity contribution in [3.63, 3.8) is 0 Å². The second-order valence-corrected chi connectivity index (χ2v) is 11.0. The Morgan fingerprint density at radius 2 is 1.84 bits per heavy atom. The molecule has 0 saturated heterocycles. The van der Waals surface area contributed by atoms with Crippen molar-refractivity contribution in [1.29, 1.82) is 0 Å². The fourth-order valence-corrected chi connectivity index (χ4v) is 8.02. The van der Waals surface area contributed by atoms with Crippen molar-refractivity contribution >= 4 is 16.9 Å². The molecule has 0 aliphatic heterocycles. The summed E-state index contributed by atoms with van der Waals surface area (Å²) in [4.78, 5) is 17.5. The minimum absolute atomic E-state index is 0.0549. The van der Waals surface area contributed by atoms with Gasteiger partial charge in [-0.05, 0) is 79.7 Å². The Morgan fingerprint density at radius 3 is 2.65 bits per heavy atom. The van der Waals surface area contributed by atoms with Gasteiger partial charge in [-0.15, -0.1) is 0 Å². The third-order valence-corrected chi connectivity index (χ3v) is 9.64. The number of allylic oxidation sites excluding steroid dienone is 1. The summed E-state index contributed by atoms with van der Waals surface area (Å²) >= 11 is 0. The highest BCUT2D eigenvalue weighted by Gasteiger charge is 2.58. The van der Waals surface area contributed by atoms with Crippen molar-refractivity contribution in [3.8, 4) is 0 Å². The maximum absolute atomic E-state index is 12.4. The number of hydrogen-bond acceptors (Lipinski definition) is 3. The monoisotopic (exact) mass is 417 g/mol. The highest BCUT2D eigenvalue weighted by molar-refractivity contribution is 6.04. The Hall–Kier alpha value is -2.20. The molecular formula is C27H31NO3. The van der Waals surface area contributed by atoms with Gasteiger partial charge in [0.05, 0.1) is 22.9 Å². The third-order valence-electron chi connectivity index (χ3n) is 9.64. The molecule has 6 rings (SSSR count). The van der Waals surface area contributed by atoms with Crippen molar-refractivity contribution in [3.05, 3.63) is 52.7 Å². The quantitative estimate of drug-likeness (QED) is 0.620. The zero-order chi connectivity index (χ0) is 21.5. The molecule has 4 heteroatoms. The molecule has 162 valence electrons. The average Bonchev–Trinajstić information content (AvgIpc) is 3.04. The number of fused-ring (bicyclic) bond motifs is 8. The first-order valence-electron chi connectivity index (χ1n) is 11.9. The number of hydrogen-bond donors (Lipinski definition) is 2. The number of aliphatic hydroxyl groups excluding tert-OH is 1. The van der Waals surface area contributed by atoms with Crippen LogP contribution in [-0.2, 0) is 11.8 Å². The molecule has 4 nitrogen and oxygen atoms in total. The summed E-state index contributed by atoms with van der Waals surface area (Å²) < 4.78 is 0. The van der Waals surface area contributed by atoms with Gasteiger partial charge in [0.1, 0.15) is 0 Å². The van der Waals surface area contributed by atoms with Gasteiger partial charge in [0, 0.05) is 10.8 Å². The van der Waals surface area contributed by atoms with E-state index in [4.69, 9.17) is 4.98 Å². The molecule has 0 unspecified atom stereocenters. The Labute approximate surface area is 183 Å².